The summed E-state index contributed by atoms with van der Waals surface area (Å²) in [6, 6.07) is 19.5. The SMILES string of the molecule is CC[C@H](C)NC(=O)[C@@H](Cc1ccccc1)N(Cc1ccc(Cl)cc1Cl)C(=O)Cc1ccccc1[N+](=O)[O-]. The van der Waals surface area contributed by atoms with Gasteiger partial charge in [-0.1, -0.05) is 84.7 Å². The van der Waals surface area contributed by atoms with Crippen LogP contribution in [0.3, 0.4) is 0 Å². The monoisotopic (exact) mass is 541 g/mol. The highest BCUT2D eigenvalue weighted by Gasteiger charge is 2.32. The number of hydrogen-bond donors (Lipinski definition) is 1. The molecule has 0 fully saturated rings. The van der Waals surface area contributed by atoms with Gasteiger partial charge in [-0.2, -0.15) is 0 Å². The number of amides is 2. The van der Waals surface area contributed by atoms with Crippen LogP contribution in [0.25, 0.3) is 0 Å². The number of para-hydroxylation sites is 1. The van der Waals surface area contributed by atoms with Gasteiger partial charge in [-0.05, 0) is 36.6 Å². The van der Waals surface area contributed by atoms with E-state index in [0.717, 1.165) is 12.0 Å². The number of nitrogens with one attached hydrogen (secondary N) is 1. The molecular formula is C28H29Cl2N3O4. The molecule has 0 aliphatic carbocycles. The molecule has 0 heterocycles. The van der Waals surface area contributed by atoms with Crippen molar-refractivity contribution in [3.05, 3.63) is 110 Å². The molecule has 0 saturated carbocycles. The summed E-state index contributed by atoms with van der Waals surface area (Å²) in [7, 11) is 0. The van der Waals surface area contributed by atoms with Gasteiger partial charge in [0, 0.05) is 40.7 Å². The fourth-order valence-electron chi connectivity index (χ4n) is 3.93. The van der Waals surface area contributed by atoms with Gasteiger partial charge < -0.3 is 10.2 Å². The molecule has 0 aliphatic rings. The van der Waals surface area contributed by atoms with Crippen molar-refractivity contribution < 1.29 is 14.5 Å². The Morgan fingerprint density at radius 1 is 1.00 bits per heavy atom. The van der Waals surface area contributed by atoms with E-state index in [9.17, 15) is 19.7 Å². The first-order valence-electron chi connectivity index (χ1n) is 12.0. The molecule has 9 heteroatoms. The van der Waals surface area contributed by atoms with Crippen LogP contribution in [-0.4, -0.2) is 33.7 Å². The molecule has 1 N–H and O–H groups in total. The molecule has 2 amide bonds. The minimum absolute atomic E-state index is 0.0287. The van der Waals surface area contributed by atoms with E-state index in [1.54, 1.807) is 36.4 Å². The zero-order valence-corrected chi connectivity index (χ0v) is 22.2. The van der Waals surface area contributed by atoms with Crippen LogP contribution in [0.5, 0.6) is 0 Å². The molecule has 7 nitrogen and oxygen atoms in total. The summed E-state index contributed by atoms with van der Waals surface area (Å²) in [4.78, 5) is 39.9. The maximum absolute atomic E-state index is 13.8. The van der Waals surface area contributed by atoms with Gasteiger partial charge in [0.2, 0.25) is 11.8 Å². The van der Waals surface area contributed by atoms with Crippen molar-refractivity contribution in [1.82, 2.24) is 10.2 Å². The van der Waals surface area contributed by atoms with Gasteiger partial charge in [0.1, 0.15) is 6.04 Å². The zero-order chi connectivity index (χ0) is 26.9. The molecule has 0 aliphatic heterocycles. The summed E-state index contributed by atoms with van der Waals surface area (Å²) < 4.78 is 0. The van der Waals surface area contributed by atoms with E-state index >= 15 is 0 Å². The number of halogens is 2. The van der Waals surface area contributed by atoms with Crippen LogP contribution in [0.4, 0.5) is 5.69 Å². The number of nitrogens with zero attached hydrogens (tertiary/aromatic N) is 2. The Balaban J connectivity index is 2.05. The lowest BCUT2D eigenvalue weighted by atomic mass is 10.0. The van der Waals surface area contributed by atoms with Crippen molar-refractivity contribution in [1.29, 1.82) is 0 Å². The van der Waals surface area contributed by atoms with Crippen molar-refractivity contribution in [2.45, 2.75) is 51.7 Å². The average Bonchev–Trinajstić information content (AvgIpc) is 2.87. The van der Waals surface area contributed by atoms with Gasteiger partial charge in [0.05, 0.1) is 11.3 Å². The third-order valence-electron chi connectivity index (χ3n) is 6.16. The van der Waals surface area contributed by atoms with E-state index in [1.165, 1.54) is 11.0 Å². The quantitative estimate of drug-likeness (QED) is 0.238. The van der Waals surface area contributed by atoms with Gasteiger partial charge in [0.25, 0.3) is 5.69 Å². The van der Waals surface area contributed by atoms with E-state index in [2.05, 4.69) is 5.32 Å². The molecule has 2 atom stereocenters. The summed E-state index contributed by atoms with van der Waals surface area (Å²) in [5.41, 5.74) is 1.60. The number of nitro groups is 1. The van der Waals surface area contributed by atoms with Crippen LogP contribution in [0, 0.1) is 10.1 Å². The van der Waals surface area contributed by atoms with Crippen molar-refractivity contribution in [2.24, 2.45) is 0 Å². The molecule has 0 saturated heterocycles. The largest absolute Gasteiger partial charge is 0.352 e. The van der Waals surface area contributed by atoms with Crippen LogP contribution in [0.15, 0.2) is 72.8 Å². The van der Waals surface area contributed by atoms with Gasteiger partial charge >= 0.3 is 0 Å². The lowest BCUT2D eigenvalue weighted by molar-refractivity contribution is -0.385. The minimum atomic E-state index is -0.876. The number of rotatable bonds is 11. The van der Waals surface area contributed by atoms with E-state index in [0.29, 0.717) is 15.6 Å². The third-order valence-corrected chi connectivity index (χ3v) is 6.74. The normalized spacial score (nSPS) is 12.4. The predicted molar refractivity (Wildman–Crippen MR) is 146 cm³/mol. The van der Waals surface area contributed by atoms with Crippen molar-refractivity contribution in [3.63, 3.8) is 0 Å². The van der Waals surface area contributed by atoms with Crippen LogP contribution in [0.1, 0.15) is 37.0 Å². The summed E-state index contributed by atoms with van der Waals surface area (Å²) in [6.07, 6.45) is 0.734. The first-order valence-corrected chi connectivity index (χ1v) is 12.7. The smallest absolute Gasteiger partial charge is 0.273 e. The molecule has 3 rings (SSSR count). The molecule has 0 aromatic heterocycles. The molecular weight excluding hydrogens is 513 g/mol. The standard InChI is InChI=1S/C28H29Cl2N3O4/c1-3-19(2)31-28(35)26(15-20-9-5-4-6-10-20)32(18-22-13-14-23(29)17-24(22)30)27(34)16-21-11-7-8-12-25(21)33(36)37/h4-14,17,19,26H,3,15-16,18H2,1-2H3,(H,31,35)/t19-,26+/m0/s1. The topological polar surface area (TPSA) is 92.6 Å². The highest BCUT2D eigenvalue weighted by molar-refractivity contribution is 6.35. The van der Waals surface area contributed by atoms with Crippen LogP contribution >= 0.6 is 23.2 Å². The second kappa shape index (κ2) is 13.2. The first kappa shape index (κ1) is 28.2. The second-order valence-electron chi connectivity index (χ2n) is 8.84. The number of nitro benzene ring substituents is 1. The number of carbonyl (C=O) groups excluding carboxylic acids is 2. The summed E-state index contributed by atoms with van der Waals surface area (Å²) >= 11 is 12.5. The molecule has 0 spiro atoms. The fraction of sp³-hybridized carbons (Fsp3) is 0.286. The minimum Gasteiger partial charge on any atom is -0.352 e. The van der Waals surface area contributed by atoms with Crippen molar-refractivity contribution in [3.8, 4) is 0 Å². The average molecular weight is 542 g/mol. The maximum Gasteiger partial charge on any atom is 0.273 e. The Morgan fingerprint density at radius 2 is 1.68 bits per heavy atom. The van der Waals surface area contributed by atoms with Gasteiger partial charge in [-0.3, -0.25) is 19.7 Å². The van der Waals surface area contributed by atoms with Crippen LogP contribution < -0.4 is 5.32 Å². The van der Waals surface area contributed by atoms with Crippen LogP contribution in [0.2, 0.25) is 10.0 Å². The molecule has 3 aromatic carbocycles. The molecule has 0 unspecified atom stereocenters. The summed E-state index contributed by atoms with van der Waals surface area (Å²) in [5, 5.41) is 15.4. The highest BCUT2D eigenvalue weighted by Crippen LogP contribution is 2.26. The fourth-order valence-corrected chi connectivity index (χ4v) is 4.40. The van der Waals surface area contributed by atoms with Gasteiger partial charge in [0.15, 0.2) is 0 Å². The Bertz CT molecular complexity index is 1250. The van der Waals surface area contributed by atoms with Crippen LogP contribution in [-0.2, 0) is 29.0 Å². The maximum atomic E-state index is 13.8. The Labute approximate surface area is 226 Å². The molecule has 3 aromatic rings. The van der Waals surface area contributed by atoms with E-state index in [4.69, 9.17) is 23.2 Å². The zero-order valence-electron chi connectivity index (χ0n) is 20.7. The second-order valence-corrected chi connectivity index (χ2v) is 9.69. The summed E-state index contributed by atoms with van der Waals surface area (Å²) in [6.45, 7) is 3.88. The Morgan fingerprint density at radius 3 is 2.32 bits per heavy atom. The number of hydrogen-bond acceptors (Lipinski definition) is 4. The van der Waals surface area contributed by atoms with E-state index in [1.807, 2.05) is 44.2 Å². The molecule has 0 radical (unpaired) electrons. The van der Waals surface area contributed by atoms with Gasteiger partial charge in [-0.25, -0.2) is 0 Å². The van der Waals surface area contributed by atoms with E-state index < -0.39 is 16.9 Å². The van der Waals surface area contributed by atoms with Crippen molar-refractivity contribution >= 4 is 40.7 Å². The third kappa shape index (κ3) is 7.78. The Kier molecular flexibility index (Phi) is 10.1. The van der Waals surface area contributed by atoms with Crippen molar-refractivity contribution in [2.75, 3.05) is 0 Å². The molecule has 0 bridgehead atoms. The van der Waals surface area contributed by atoms with E-state index in [-0.39, 0.29) is 42.6 Å². The predicted octanol–water partition coefficient (Wildman–Crippen LogP) is 6.00. The molecule has 194 valence electrons. The lowest BCUT2D eigenvalue weighted by Gasteiger charge is -2.32. The van der Waals surface area contributed by atoms with Gasteiger partial charge in [-0.15, -0.1) is 0 Å². The first-order chi connectivity index (χ1) is 17.7. The Hall–Kier alpha value is -3.42. The highest BCUT2D eigenvalue weighted by atomic mass is 35.5. The lowest BCUT2D eigenvalue weighted by Crippen LogP contribution is -2.52. The summed E-state index contributed by atoms with van der Waals surface area (Å²) in [5.74, 6) is -0.736. The molecule has 37 heavy (non-hydrogen) atoms. The number of carbonyl (C=O) groups is 2. The number of benzene rings is 3.